The van der Waals surface area contributed by atoms with E-state index in [1.165, 1.54) is 0 Å². The third kappa shape index (κ3) is 2.47. The van der Waals surface area contributed by atoms with E-state index in [1.54, 1.807) is 6.20 Å². The van der Waals surface area contributed by atoms with E-state index in [1.807, 2.05) is 11.1 Å². The number of carbonyl (C=O) groups excluding carboxylic acids is 2. The quantitative estimate of drug-likeness (QED) is 0.809. The first-order valence-electron chi connectivity index (χ1n) is 6.81. The van der Waals surface area contributed by atoms with Gasteiger partial charge in [0.2, 0.25) is 11.8 Å². The number of nitrogens with one attached hydrogen (secondary N) is 2. The summed E-state index contributed by atoms with van der Waals surface area (Å²) >= 11 is 0. The maximum atomic E-state index is 12.3. The summed E-state index contributed by atoms with van der Waals surface area (Å²) in [5.74, 6) is 1.28. The van der Waals surface area contributed by atoms with E-state index in [0.29, 0.717) is 19.4 Å². The van der Waals surface area contributed by atoms with E-state index in [0.717, 1.165) is 25.2 Å². The summed E-state index contributed by atoms with van der Waals surface area (Å²) in [6.45, 7) is 1.47. The van der Waals surface area contributed by atoms with Crippen LogP contribution in [0.25, 0.3) is 0 Å². The molecule has 2 N–H and O–H groups in total. The molecule has 102 valence electrons. The van der Waals surface area contributed by atoms with Crippen LogP contribution >= 0.6 is 0 Å². The highest BCUT2D eigenvalue weighted by Gasteiger charge is 2.33. The van der Waals surface area contributed by atoms with Crippen molar-refractivity contribution in [3.8, 4) is 0 Å². The lowest BCUT2D eigenvalue weighted by molar-refractivity contribution is -0.135. The van der Waals surface area contributed by atoms with Crippen molar-refractivity contribution in [2.45, 2.75) is 37.6 Å². The molecule has 2 amide bonds. The summed E-state index contributed by atoms with van der Waals surface area (Å²) in [6, 6.07) is -0.317. The van der Waals surface area contributed by atoms with Crippen LogP contribution in [0, 0.1) is 0 Å². The molecule has 1 aromatic rings. The van der Waals surface area contributed by atoms with Crippen LogP contribution in [0.2, 0.25) is 0 Å². The molecular weight excluding hydrogens is 244 g/mol. The number of H-pyrrole nitrogens is 1. The number of nitrogens with zero attached hydrogens (tertiary/aromatic N) is 2. The number of aromatic nitrogens is 2. The standard InChI is InChI=1S/C13H18N4O2/c18-11-4-3-10(16-11)13(19)17-7-1-2-9(8-17)12-14-5-6-15-12/h5-6,9-10H,1-4,7-8H2,(H,14,15)(H,16,18). The fourth-order valence-corrected chi connectivity index (χ4v) is 2.92. The Labute approximate surface area is 111 Å². The number of rotatable bonds is 2. The van der Waals surface area contributed by atoms with Crippen LogP contribution < -0.4 is 5.32 Å². The minimum Gasteiger partial charge on any atom is -0.348 e. The van der Waals surface area contributed by atoms with E-state index < -0.39 is 0 Å². The average Bonchev–Trinajstić information content (AvgIpc) is 3.09. The molecule has 0 bridgehead atoms. The SMILES string of the molecule is O=C1CCC(C(=O)N2CCCC(c3ncc[nH]3)C2)N1. The Morgan fingerprint density at radius 1 is 1.42 bits per heavy atom. The summed E-state index contributed by atoms with van der Waals surface area (Å²) in [5.41, 5.74) is 0. The average molecular weight is 262 g/mol. The number of piperidine rings is 1. The Morgan fingerprint density at radius 2 is 2.32 bits per heavy atom. The number of imidazole rings is 1. The number of hydrogen-bond donors (Lipinski definition) is 2. The van der Waals surface area contributed by atoms with Crippen molar-refractivity contribution in [3.05, 3.63) is 18.2 Å². The zero-order valence-electron chi connectivity index (χ0n) is 10.8. The first-order chi connectivity index (χ1) is 9.24. The van der Waals surface area contributed by atoms with Crippen molar-refractivity contribution in [2.24, 2.45) is 0 Å². The molecule has 0 aliphatic carbocycles. The van der Waals surface area contributed by atoms with Crippen LogP contribution in [-0.4, -0.2) is 45.8 Å². The number of hydrogen-bond acceptors (Lipinski definition) is 3. The lowest BCUT2D eigenvalue weighted by atomic mass is 9.96. The molecule has 0 saturated carbocycles. The van der Waals surface area contributed by atoms with E-state index in [2.05, 4.69) is 15.3 Å². The van der Waals surface area contributed by atoms with Gasteiger partial charge in [0.1, 0.15) is 11.9 Å². The third-order valence-corrected chi connectivity index (χ3v) is 3.93. The summed E-state index contributed by atoms with van der Waals surface area (Å²) in [5, 5.41) is 2.75. The largest absolute Gasteiger partial charge is 0.348 e. The molecular formula is C13H18N4O2. The van der Waals surface area contributed by atoms with Gasteiger partial charge in [-0.15, -0.1) is 0 Å². The van der Waals surface area contributed by atoms with Gasteiger partial charge in [0, 0.05) is 37.8 Å². The molecule has 2 fully saturated rings. The first kappa shape index (κ1) is 12.2. The topological polar surface area (TPSA) is 78.1 Å². The molecule has 2 aliphatic rings. The molecule has 2 unspecified atom stereocenters. The highest BCUT2D eigenvalue weighted by Crippen LogP contribution is 2.25. The zero-order valence-corrected chi connectivity index (χ0v) is 10.8. The van der Waals surface area contributed by atoms with Crippen molar-refractivity contribution in [2.75, 3.05) is 13.1 Å². The molecule has 19 heavy (non-hydrogen) atoms. The van der Waals surface area contributed by atoms with Crippen molar-refractivity contribution >= 4 is 11.8 Å². The van der Waals surface area contributed by atoms with Gasteiger partial charge in [-0.2, -0.15) is 0 Å². The Balaban J connectivity index is 1.65. The summed E-state index contributed by atoms with van der Waals surface area (Å²) in [4.78, 5) is 32.8. The first-order valence-corrected chi connectivity index (χ1v) is 6.81. The minimum atomic E-state index is -0.317. The number of carbonyl (C=O) groups is 2. The summed E-state index contributed by atoms with van der Waals surface area (Å²) in [6.07, 6.45) is 6.68. The number of aromatic amines is 1. The third-order valence-electron chi connectivity index (χ3n) is 3.93. The second-order valence-electron chi connectivity index (χ2n) is 5.26. The van der Waals surface area contributed by atoms with Crippen molar-refractivity contribution in [3.63, 3.8) is 0 Å². The number of amides is 2. The summed E-state index contributed by atoms with van der Waals surface area (Å²) < 4.78 is 0. The van der Waals surface area contributed by atoms with Crippen molar-refractivity contribution < 1.29 is 9.59 Å². The maximum absolute atomic E-state index is 12.3. The monoisotopic (exact) mass is 262 g/mol. The molecule has 3 heterocycles. The highest BCUT2D eigenvalue weighted by atomic mass is 16.2. The smallest absolute Gasteiger partial charge is 0.245 e. The Bertz CT molecular complexity index is 471. The van der Waals surface area contributed by atoms with Gasteiger partial charge in [-0.3, -0.25) is 9.59 Å². The van der Waals surface area contributed by atoms with Gasteiger partial charge >= 0.3 is 0 Å². The second-order valence-corrected chi connectivity index (χ2v) is 5.26. The predicted molar refractivity (Wildman–Crippen MR) is 68.3 cm³/mol. The van der Waals surface area contributed by atoms with Gasteiger partial charge in [-0.05, 0) is 19.3 Å². The lowest BCUT2D eigenvalue weighted by Crippen LogP contribution is -2.48. The number of likely N-dealkylation sites (tertiary alicyclic amines) is 1. The van der Waals surface area contributed by atoms with Gasteiger partial charge in [-0.1, -0.05) is 0 Å². The van der Waals surface area contributed by atoms with E-state index in [9.17, 15) is 9.59 Å². The van der Waals surface area contributed by atoms with Gasteiger partial charge in [-0.25, -0.2) is 4.98 Å². The Morgan fingerprint density at radius 3 is 3.00 bits per heavy atom. The van der Waals surface area contributed by atoms with Gasteiger partial charge in [0.05, 0.1) is 0 Å². The van der Waals surface area contributed by atoms with Gasteiger partial charge in [0.15, 0.2) is 0 Å². The fourth-order valence-electron chi connectivity index (χ4n) is 2.92. The lowest BCUT2D eigenvalue weighted by Gasteiger charge is -2.33. The Hall–Kier alpha value is -1.85. The Kier molecular flexibility index (Phi) is 3.23. The molecule has 2 saturated heterocycles. The van der Waals surface area contributed by atoms with E-state index in [4.69, 9.17) is 0 Å². The molecule has 0 aromatic carbocycles. The van der Waals surface area contributed by atoms with Crippen LogP contribution in [0.3, 0.4) is 0 Å². The van der Waals surface area contributed by atoms with E-state index in [-0.39, 0.29) is 23.8 Å². The molecule has 6 heteroatoms. The van der Waals surface area contributed by atoms with Crippen molar-refractivity contribution in [1.82, 2.24) is 20.2 Å². The summed E-state index contributed by atoms with van der Waals surface area (Å²) in [7, 11) is 0. The molecule has 2 aliphatic heterocycles. The fraction of sp³-hybridized carbons (Fsp3) is 0.615. The molecule has 3 rings (SSSR count). The predicted octanol–water partition coefficient (Wildman–Crippen LogP) is 0.394. The van der Waals surface area contributed by atoms with Gasteiger partial charge < -0.3 is 15.2 Å². The van der Waals surface area contributed by atoms with Crippen LogP contribution in [0.1, 0.15) is 37.4 Å². The van der Waals surface area contributed by atoms with E-state index >= 15 is 0 Å². The van der Waals surface area contributed by atoms with Gasteiger partial charge in [0.25, 0.3) is 0 Å². The van der Waals surface area contributed by atoms with Crippen LogP contribution in [0.5, 0.6) is 0 Å². The highest BCUT2D eigenvalue weighted by molar-refractivity contribution is 5.90. The maximum Gasteiger partial charge on any atom is 0.245 e. The molecule has 1 aromatic heterocycles. The minimum absolute atomic E-state index is 0.0158. The molecule has 6 nitrogen and oxygen atoms in total. The van der Waals surface area contributed by atoms with Crippen molar-refractivity contribution in [1.29, 1.82) is 0 Å². The normalized spacial score (nSPS) is 27.4. The van der Waals surface area contributed by atoms with Crippen LogP contribution in [-0.2, 0) is 9.59 Å². The molecule has 0 radical (unpaired) electrons. The molecule has 0 spiro atoms. The zero-order chi connectivity index (χ0) is 13.2. The molecule has 2 atom stereocenters. The van der Waals surface area contributed by atoms with Crippen LogP contribution in [0.4, 0.5) is 0 Å². The second kappa shape index (κ2) is 5.03. The van der Waals surface area contributed by atoms with Crippen LogP contribution in [0.15, 0.2) is 12.4 Å².